The van der Waals surface area contributed by atoms with Crippen LogP contribution in [0.2, 0.25) is 0 Å². The number of rotatable bonds is 4. The Bertz CT molecular complexity index is 1030. The molecule has 4 heteroatoms. The van der Waals surface area contributed by atoms with Crippen molar-refractivity contribution >= 4 is 5.91 Å². The number of amides is 1. The molecule has 4 rings (SSSR count). The van der Waals surface area contributed by atoms with Gasteiger partial charge in [0.15, 0.2) is 0 Å². The molecule has 0 radical (unpaired) electrons. The average Bonchev–Trinajstić information content (AvgIpc) is 3.24. The van der Waals surface area contributed by atoms with Gasteiger partial charge in [0.25, 0.3) is 5.91 Å². The van der Waals surface area contributed by atoms with Crippen molar-refractivity contribution in [1.29, 1.82) is 0 Å². The molecule has 0 spiro atoms. The zero-order chi connectivity index (χ0) is 22.0. The molecule has 1 aliphatic rings. The fourth-order valence-corrected chi connectivity index (χ4v) is 4.73. The highest BCUT2D eigenvalue weighted by atomic mass is 16.2. The fraction of sp³-hybridized carbons (Fsp3) is 0.407. The van der Waals surface area contributed by atoms with Gasteiger partial charge in [-0.1, -0.05) is 57.2 Å². The van der Waals surface area contributed by atoms with Gasteiger partial charge in [0, 0.05) is 11.7 Å². The molecule has 0 saturated heterocycles. The molecule has 1 aliphatic carbocycles. The van der Waals surface area contributed by atoms with Crippen LogP contribution < -0.4 is 5.32 Å². The van der Waals surface area contributed by atoms with Gasteiger partial charge in [0.05, 0.1) is 12.5 Å². The predicted molar refractivity (Wildman–Crippen MR) is 126 cm³/mol. The highest BCUT2D eigenvalue weighted by Crippen LogP contribution is 2.37. The largest absolute Gasteiger partial charge is 0.348 e. The number of benzene rings is 2. The van der Waals surface area contributed by atoms with Crippen LogP contribution in [0, 0.1) is 18.3 Å². The highest BCUT2D eigenvalue weighted by Gasteiger charge is 2.30. The Hall–Kier alpha value is -2.88. The van der Waals surface area contributed by atoms with E-state index in [0.717, 1.165) is 24.4 Å². The number of imidazole rings is 1. The van der Waals surface area contributed by atoms with E-state index in [2.05, 4.69) is 86.5 Å². The van der Waals surface area contributed by atoms with E-state index in [0.29, 0.717) is 11.1 Å². The standard InChI is InChI=1S/C27H33N3O/c1-19-7-5-6-8-24(19)20-9-15-23(16-10-20)30-18-28-17-25(30)26(31)29-22-13-11-21(12-14-22)27(2,3)4/h5-10,15-18,21-22H,11-14H2,1-4H3,(H,29,31). The summed E-state index contributed by atoms with van der Waals surface area (Å²) in [6, 6.07) is 16.9. The van der Waals surface area contributed by atoms with Crippen molar-refractivity contribution in [3.05, 3.63) is 72.3 Å². The third-order valence-electron chi connectivity index (χ3n) is 6.76. The number of aromatic nitrogens is 2. The van der Waals surface area contributed by atoms with Gasteiger partial charge in [-0.05, 0) is 72.8 Å². The number of carbonyl (C=O) groups excluding carboxylic acids is 1. The summed E-state index contributed by atoms with van der Waals surface area (Å²) in [7, 11) is 0. The topological polar surface area (TPSA) is 46.9 Å². The minimum atomic E-state index is -0.0420. The minimum absolute atomic E-state index is 0.0420. The summed E-state index contributed by atoms with van der Waals surface area (Å²) in [6.07, 6.45) is 7.82. The van der Waals surface area contributed by atoms with E-state index in [1.54, 1.807) is 12.5 Å². The molecular formula is C27H33N3O. The van der Waals surface area contributed by atoms with Crippen LogP contribution in [0.5, 0.6) is 0 Å². The third-order valence-corrected chi connectivity index (χ3v) is 6.76. The second-order valence-corrected chi connectivity index (χ2v) is 9.90. The molecule has 0 atom stereocenters. The van der Waals surface area contributed by atoms with Gasteiger partial charge < -0.3 is 5.32 Å². The molecule has 0 unspecified atom stereocenters. The number of hydrogen-bond donors (Lipinski definition) is 1. The van der Waals surface area contributed by atoms with Crippen LogP contribution in [0.3, 0.4) is 0 Å². The van der Waals surface area contributed by atoms with E-state index in [4.69, 9.17) is 0 Å². The lowest BCUT2D eigenvalue weighted by atomic mass is 9.71. The van der Waals surface area contributed by atoms with Gasteiger partial charge in [-0.3, -0.25) is 9.36 Å². The first-order valence-corrected chi connectivity index (χ1v) is 11.3. The van der Waals surface area contributed by atoms with E-state index in [9.17, 15) is 4.79 Å². The smallest absolute Gasteiger partial charge is 0.270 e. The zero-order valence-electron chi connectivity index (χ0n) is 19.1. The third kappa shape index (κ3) is 4.73. The summed E-state index contributed by atoms with van der Waals surface area (Å²) in [5, 5.41) is 3.25. The minimum Gasteiger partial charge on any atom is -0.348 e. The Morgan fingerprint density at radius 3 is 2.32 bits per heavy atom. The number of hydrogen-bond acceptors (Lipinski definition) is 2. The Morgan fingerprint density at radius 2 is 1.68 bits per heavy atom. The zero-order valence-corrected chi connectivity index (χ0v) is 19.1. The van der Waals surface area contributed by atoms with E-state index < -0.39 is 0 Å². The van der Waals surface area contributed by atoms with Crippen molar-refractivity contribution in [3.63, 3.8) is 0 Å². The van der Waals surface area contributed by atoms with Crippen molar-refractivity contribution < 1.29 is 4.79 Å². The lowest BCUT2D eigenvalue weighted by molar-refractivity contribution is 0.0897. The summed E-state index contributed by atoms with van der Waals surface area (Å²) in [5.41, 5.74) is 5.52. The molecule has 1 heterocycles. The molecule has 1 saturated carbocycles. The van der Waals surface area contributed by atoms with E-state index >= 15 is 0 Å². The van der Waals surface area contributed by atoms with Crippen LogP contribution in [0.25, 0.3) is 16.8 Å². The molecule has 31 heavy (non-hydrogen) atoms. The van der Waals surface area contributed by atoms with Crippen LogP contribution in [0.1, 0.15) is 62.5 Å². The van der Waals surface area contributed by atoms with Crippen LogP contribution in [-0.2, 0) is 0 Å². The lowest BCUT2D eigenvalue weighted by Gasteiger charge is -2.37. The Balaban J connectivity index is 1.45. The van der Waals surface area contributed by atoms with Crippen LogP contribution in [0.15, 0.2) is 61.1 Å². The molecular weight excluding hydrogens is 382 g/mol. The number of nitrogens with one attached hydrogen (secondary N) is 1. The SMILES string of the molecule is Cc1ccccc1-c1ccc(-n2cncc2C(=O)NC2CCC(C(C)(C)C)CC2)cc1. The molecule has 0 bridgehead atoms. The fourth-order valence-electron chi connectivity index (χ4n) is 4.73. The number of carbonyl (C=O) groups is 1. The van der Waals surface area contributed by atoms with E-state index in [-0.39, 0.29) is 11.9 Å². The Labute approximate surface area is 185 Å². The molecule has 4 nitrogen and oxygen atoms in total. The molecule has 0 aliphatic heterocycles. The number of aryl methyl sites for hydroxylation is 1. The number of nitrogens with zero attached hydrogens (tertiary/aromatic N) is 2. The quantitative estimate of drug-likeness (QED) is 0.553. The van der Waals surface area contributed by atoms with E-state index in [1.165, 1.54) is 29.5 Å². The molecule has 1 aromatic heterocycles. The van der Waals surface area contributed by atoms with Crippen LogP contribution in [0.4, 0.5) is 0 Å². The summed E-state index contributed by atoms with van der Waals surface area (Å²) < 4.78 is 1.87. The summed E-state index contributed by atoms with van der Waals surface area (Å²) >= 11 is 0. The maximum Gasteiger partial charge on any atom is 0.270 e. The van der Waals surface area contributed by atoms with Gasteiger partial charge in [-0.2, -0.15) is 0 Å². The second kappa shape index (κ2) is 8.70. The Morgan fingerprint density at radius 1 is 1.00 bits per heavy atom. The summed E-state index contributed by atoms with van der Waals surface area (Å²) in [5.74, 6) is 0.692. The first-order valence-electron chi connectivity index (χ1n) is 11.3. The average molecular weight is 416 g/mol. The highest BCUT2D eigenvalue weighted by molar-refractivity contribution is 5.93. The molecule has 1 N–H and O–H groups in total. The monoisotopic (exact) mass is 415 g/mol. The maximum atomic E-state index is 13.0. The van der Waals surface area contributed by atoms with Gasteiger partial charge in [-0.25, -0.2) is 4.98 Å². The van der Waals surface area contributed by atoms with Crippen LogP contribution >= 0.6 is 0 Å². The van der Waals surface area contributed by atoms with Gasteiger partial charge >= 0.3 is 0 Å². The molecule has 1 fully saturated rings. The van der Waals surface area contributed by atoms with Gasteiger partial charge in [0.1, 0.15) is 5.69 Å². The summed E-state index contributed by atoms with van der Waals surface area (Å²) in [4.78, 5) is 17.3. The summed E-state index contributed by atoms with van der Waals surface area (Å²) in [6.45, 7) is 9.08. The molecule has 1 amide bonds. The van der Waals surface area contributed by atoms with Crippen molar-refractivity contribution in [2.75, 3.05) is 0 Å². The molecule has 162 valence electrons. The van der Waals surface area contributed by atoms with Crippen molar-refractivity contribution in [2.24, 2.45) is 11.3 Å². The van der Waals surface area contributed by atoms with Crippen LogP contribution in [-0.4, -0.2) is 21.5 Å². The molecule has 2 aromatic carbocycles. The Kier molecular flexibility index (Phi) is 5.99. The predicted octanol–water partition coefficient (Wildman–Crippen LogP) is 6.18. The van der Waals surface area contributed by atoms with Crippen molar-refractivity contribution in [3.8, 4) is 16.8 Å². The second-order valence-electron chi connectivity index (χ2n) is 9.90. The maximum absolute atomic E-state index is 13.0. The van der Waals surface area contributed by atoms with Gasteiger partial charge in [0.2, 0.25) is 0 Å². The van der Waals surface area contributed by atoms with E-state index in [1.807, 2.05) is 4.57 Å². The van der Waals surface area contributed by atoms with Crippen molar-refractivity contribution in [2.45, 2.75) is 59.4 Å². The van der Waals surface area contributed by atoms with Crippen molar-refractivity contribution in [1.82, 2.24) is 14.9 Å². The molecule has 3 aromatic rings. The van der Waals surface area contributed by atoms with Gasteiger partial charge in [-0.15, -0.1) is 0 Å². The first-order chi connectivity index (χ1) is 14.8. The lowest BCUT2D eigenvalue weighted by Crippen LogP contribution is -2.40. The normalized spacial score (nSPS) is 19.2. The first kappa shape index (κ1) is 21.4.